The van der Waals surface area contributed by atoms with Gasteiger partial charge in [-0.3, -0.25) is 0 Å². The van der Waals surface area contributed by atoms with E-state index in [1.165, 1.54) is 6.07 Å². The van der Waals surface area contributed by atoms with Crippen molar-refractivity contribution in [2.45, 2.75) is 70.2 Å². The summed E-state index contributed by atoms with van der Waals surface area (Å²) in [6.45, 7) is 5.67. The number of hydrogen-bond donors (Lipinski definition) is 0. The van der Waals surface area contributed by atoms with Crippen LogP contribution in [0.25, 0.3) is 11.0 Å². The van der Waals surface area contributed by atoms with Crippen LogP contribution >= 0.6 is 0 Å². The van der Waals surface area contributed by atoms with Crippen LogP contribution in [0.2, 0.25) is 0 Å². The van der Waals surface area contributed by atoms with E-state index in [2.05, 4.69) is 0 Å². The van der Waals surface area contributed by atoms with Gasteiger partial charge in [-0.15, -0.1) is 0 Å². The number of rotatable bonds is 2. The van der Waals surface area contributed by atoms with Crippen molar-refractivity contribution in [2.24, 2.45) is 0 Å². The molecule has 1 aromatic carbocycles. The Labute approximate surface area is 158 Å². The van der Waals surface area contributed by atoms with Crippen molar-refractivity contribution in [3.63, 3.8) is 0 Å². The second kappa shape index (κ2) is 6.59. The van der Waals surface area contributed by atoms with Crippen molar-refractivity contribution in [3.8, 4) is 5.75 Å². The number of hydrogen-bond acceptors (Lipinski definition) is 5. The molecule has 0 aliphatic carbocycles. The lowest BCUT2D eigenvalue weighted by Crippen LogP contribution is -2.50. The summed E-state index contributed by atoms with van der Waals surface area (Å²) in [4.78, 5) is 25.9. The van der Waals surface area contributed by atoms with E-state index in [-0.39, 0.29) is 29.9 Å². The third kappa shape index (κ3) is 3.80. The molecular weight excluding hydrogens is 346 g/mol. The fourth-order valence-electron chi connectivity index (χ4n) is 4.14. The molecule has 1 aromatic heterocycles. The van der Waals surface area contributed by atoms with Gasteiger partial charge >= 0.3 is 11.7 Å². The molecule has 0 spiro atoms. The Hall–Kier alpha value is -2.50. The first-order valence-electron chi connectivity index (χ1n) is 9.50. The van der Waals surface area contributed by atoms with Crippen LogP contribution in [0.5, 0.6) is 5.75 Å². The average Bonchev–Trinajstić information content (AvgIpc) is 2.84. The molecule has 2 aliphatic heterocycles. The van der Waals surface area contributed by atoms with Crippen molar-refractivity contribution >= 4 is 17.1 Å². The normalized spacial score (nSPS) is 24.9. The number of amides is 1. The van der Waals surface area contributed by atoms with E-state index in [0.29, 0.717) is 11.3 Å². The minimum atomic E-state index is -0.487. The molecule has 2 unspecified atom stereocenters. The van der Waals surface area contributed by atoms with Crippen molar-refractivity contribution in [1.29, 1.82) is 0 Å². The predicted octanol–water partition coefficient (Wildman–Crippen LogP) is 4.10. The summed E-state index contributed by atoms with van der Waals surface area (Å²) in [7, 11) is 0. The quantitative estimate of drug-likeness (QED) is 0.744. The van der Waals surface area contributed by atoms with Gasteiger partial charge in [-0.25, -0.2) is 9.59 Å². The predicted molar refractivity (Wildman–Crippen MR) is 101 cm³/mol. The van der Waals surface area contributed by atoms with Gasteiger partial charge in [0, 0.05) is 42.4 Å². The third-order valence-corrected chi connectivity index (χ3v) is 5.19. The summed E-state index contributed by atoms with van der Waals surface area (Å²) < 4.78 is 17.0. The Morgan fingerprint density at radius 1 is 1.11 bits per heavy atom. The van der Waals surface area contributed by atoms with Gasteiger partial charge in [-0.05, 0) is 51.8 Å². The van der Waals surface area contributed by atoms with Crippen molar-refractivity contribution < 1.29 is 18.7 Å². The molecule has 0 radical (unpaired) electrons. The van der Waals surface area contributed by atoms with Gasteiger partial charge in [0.2, 0.25) is 0 Å². The summed E-state index contributed by atoms with van der Waals surface area (Å²) >= 11 is 0. The highest BCUT2D eigenvalue weighted by atomic mass is 16.6. The molecule has 1 amide bonds. The molecule has 2 aliphatic rings. The van der Waals surface area contributed by atoms with Crippen LogP contribution in [-0.4, -0.2) is 34.8 Å². The highest BCUT2D eigenvalue weighted by Crippen LogP contribution is 2.38. The smallest absolute Gasteiger partial charge is 0.410 e. The van der Waals surface area contributed by atoms with Crippen LogP contribution in [0.4, 0.5) is 4.79 Å². The van der Waals surface area contributed by atoms with Crippen LogP contribution in [0.15, 0.2) is 39.5 Å². The van der Waals surface area contributed by atoms with Gasteiger partial charge < -0.3 is 18.8 Å². The Bertz CT molecular complexity index is 899. The monoisotopic (exact) mass is 371 g/mol. The highest BCUT2D eigenvalue weighted by Gasteiger charge is 2.45. The number of ether oxygens (including phenoxy) is 2. The van der Waals surface area contributed by atoms with E-state index < -0.39 is 5.60 Å². The summed E-state index contributed by atoms with van der Waals surface area (Å²) in [5.74, 6) is 0.687. The summed E-state index contributed by atoms with van der Waals surface area (Å²) in [6, 6.07) is 9.00. The molecular formula is C21H25NO5. The fourth-order valence-corrected chi connectivity index (χ4v) is 4.14. The van der Waals surface area contributed by atoms with E-state index in [1.54, 1.807) is 12.1 Å². The van der Waals surface area contributed by atoms with E-state index >= 15 is 0 Å². The third-order valence-electron chi connectivity index (χ3n) is 5.19. The molecule has 4 rings (SSSR count). The van der Waals surface area contributed by atoms with Crippen molar-refractivity contribution in [1.82, 2.24) is 4.90 Å². The Balaban J connectivity index is 1.46. The zero-order valence-corrected chi connectivity index (χ0v) is 15.9. The minimum Gasteiger partial charge on any atom is -0.490 e. The molecule has 2 fully saturated rings. The van der Waals surface area contributed by atoms with Gasteiger partial charge in [0.15, 0.2) is 0 Å². The average molecular weight is 371 g/mol. The standard InChI is InChI=1S/C21H25NO5/c1-21(2,3)27-20(24)22-14-6-7-15(22)11-17(10-14)25-16-8-4-13-5-9-19(23)26-18(13)12-16/h4-5,8-9,12,14-15,17H,6-7,10-11H2,1-3H3. The first-order chi connectivity index (χ1) is 12.8. The van der Waals surface area contributed by atoms with Gasteiger partial charge in [0.05, 0.1) is 0 Å². The maximum absolute atomic E-state index is 12.5. The van der Waals surface area contributed by atoms with Crippen molar-refractivity contribution in [3.05, 3.63) is 40.8 Å². The van der Waals surface area contributed by atoms with Gasteiger partial charge in [-0.2, -0.15) is 0 Å². The van der Waals surface area contributed by atoms with Crippen LogP contribution < -0.4 is 10.4 Å². The maximum atomic E-state index is 12.5. The zero-order valence-electron chi connectivity index (χ0n) is 15.9. The van der Waals surface area contributed by atoms with Crippen molar-refractivity contribution in [2.75, 3.05) is 0 Å². The number of benzene rings is 1. The molecule has 144 valence electrons. The molecule has 2 aromatic rings. The SMILES string of the molecule is CC(C)(C)OC(=O)N1C2CCC1CC(Oc1ccc3ccc(=O)oc3c1)C2. The summed E-state index contributed by atoms with van der Waals surface area (Å²) in [5, 5.41) is 0.863. The van der Waals surface area contributed by atoms with Crippen LogP contribution in [0, 0.1) is 0 Å². The maximum Gasteiger partial charge on any atom is 0.410 e. The fraction of sp³-hybridized carbons (Fsp3) is 0.524. The number of nitrogens with zero attached hydrogens (tertiary/aromatic N) is 1. The molecule has 6 heteroatoms. The van der Waals surface area contributed by atoms with Gasteiger partial charge in [0.1, 0.15) is 23.0 Å². The zero-order chi connectivity index (χ0) is 19.2. The summed E-state index contributed by atoms with van der Waals surface area (Å²) in [5.41, 5.74) is -0.337. The minimum absolute atomic E-state index is 0.0362. The summed E-state index contributed by atoms with van der Waals surface area (Å²) in [6.07, 6.45) is 3.35. The number of fused-ring (bicyclic) bond motifs is 3. The Morgan fingerprint density at radius 3 is 2.44 bits per heavy atom. The van der Waals surface area contributed by atoms with Crippen LogP contribution in [0.3, 0.4) is 0 Å². The second-order valence-corrected chi connectivity index (χ2v) is 8.44. The van der Waals surface area contributed by atoms with Crippen LogP contribution in [-0.2, 0) is 4.74 Å². The number of piperidine rings is 1. The van der Waals surface area contributed by atoms with E-state index in [4.69, 9.17) is 13.9 Å². The van der Waals surface area contributed by atoms with E-state index in [9.17, 15) is 9.59 Å². The lowest BCUT2D eigenvalue weighted by molar-refractivity contribution is -0.00705. The lowest BCUT2D eigenvalue weighted by Gasteiger charge is -2.39. The first kappa shape index (κ1) is 17.9. The molecule has 27 heavy (non-hydrogen) atoms. The first-order valence-corrected chi connectivity index (χ1v) is 9.50. The van der Waals surface area contributed by atoms with E-state index in [0.717, 1.165) is 31.1 Å². The highest BCUT2D eigenvalue weighted by molar-refractivity contribution is 5.77. The molecule has 2 atom stereocenters. The largest absolute Gasteiger partial charge is 0.490 e. The van der Waals surface area contributed by atoms with Gasteiger partial charge in [0.25, 0.3) is 0 Å². The molecule has 0 saturated carbocycles. The molecule has 6 nitrogen and oxygen atoms in total. The Kier molecular flexibility index (Phi) is 4.36. The molecule has 0 N–H and O–H groups in total. The van der Waals surface area contributed by atoms with E-state index in [1.807, 2.05) is 37.8 Å². The second-order valence-electron chi connectivity index (χ2n) is 8.44. The number of carbonyl (C=O) groups is 1. The Morgan fingerprint density at radius 2 is 1.78 bits per heavy atom. The van der Waals surface area contributed by atoms with Gasteiger partial charge in [-0.1, -0.05) is 0 Å². The molecule has 2 bridgehead atoms. The molecule has 2 saturated heterocycles. The molecule has 3 heterocycles. The topological polar surface area (TPSA) is 69.0 Å². The number of carbonyl (C=O) groups excluding carboxylic acids is 1. The lowest BCUT2D eigenvalue weighted by atomic mass is 10.00. The van der Waals surface area contributed by atoms with Crippen LogP contribution in [0.1, 0.15) is 46.5 Å².